The van der Waals surface area contributed by atoms with Crippen LogP contribution in [0.15, 0.2) is 59.2 Å². The lowest BCUT2D eigenvalue weighted by molar-refractivity contribution is 0.583. The Bertz CT molecular complexity index is 621. The van der Waals surface area contributed by atoms with E-state index in [1.165, 1.54) is 16.3 Å². The Balaban J connectivity index is 2.39. The molecule has 0 unspecified atom stereocenters. The third-order valence-corrected chi connectivity index (χ3v) is 2.93. The molecule has 3 aromatic rings. The second-order valence-electron chi connectivity index (χ2n) is 3.95. The van der Waals surface area contributed by atoms with Crippen LogP contribution in [0.4, 0.5) is 0 Å². The van der Waals surface area contributed by atoms with Crippen molar-refractivity contribution in [3.8, 4) is 11.3 Å². The van der Waals surface area contributed by atoms with Gasteiger partial charge in [0.05, 0.1) is 6.26 Å². The van der Waals surface area contributed by atoms with Crippen LogP contribution < -0.4 is 0 Å². The quantitative estimate of drug-likeness (QED) is 0.577. The fourth-order valence-corrected chi connectivity index (χ4v) is 2.10. The van der Waals surface area contributed by atoms with Crippen LogP contribution in [0.1, 0.15) is 5.56 Å². The van der Waals surface area contributed by atoms with Gasteiger partial charge in [0.15, 0.2) is 0 Å². The van der Waals surface area contributed by atoms with Crippen LogP contribution in [0, 0.1) is 6.92 Å². The number of hydrogen-bond acceptors (Lipinski definition) is 1. The standard InChI is InChI=1S/C15H12O/c1-11-8-9-14(15-7-4-10-16-15)13-6-3-2-5-12(11)13/h2-10H,1H3. The minimum absolute atomic E-state index is 0.927. The lowest BCUT2D eigenvalue weighted by atomic mass is 9.99. The highest BCUT2D eigenvalue weighted by Crippen LogP contribution is 2.30. The molecule has 0 aliphatic rings. The zero-order valence-electron chi connectivity index (χ0n) is 9.10. The number of rotatable bonds is 1. The van der Waals surface area contributed by atoms with E-state index in [0.717, 1.165) is 11.3 Å². The molecule has 2 aromatic carbocycles. The first-order chi connectivity index (χ1) is 7.86. The molecule has 0 saturated carbocycles. The minimum Gasteiger partial charge on any atom is -0.464 e. The third-order valence-electron chi connectivity index (χ3n) is 2.93. The summed E-state index contributed by atoms with van der Waals surface area (Å²) >= 11 is 0. The Hall–Kier alpha value is -2.02. The van der Waals surface area contributed by atoms with Crippen LogP contribution in [-0.4, -0.2) is 0 Å². The Labute approximate surface area is 94.3 Å². The molecule has 0 N–H and O–H groups in total. The van der Waals surface area contributed by atoms with E-state index in [2.05, 4.69) is 43.3 Å². The van der Waals surface area contributed by atoms with Gasteiger partial charge in [0, 0.05) is 5.56 Å². The molecule has 1 heteroatoms. The van der Waals surface area contributed by atoms with E-state index >= 15 is 0 Å². The molecule has 3 rings (SSSR count). The Kier molecular flexibility index (Phi) is 2.03. The number of hydrogen-bond donors (Lipinski definition) is 0. The van der Waals surface area contributed by atoms with Crippen molar-refractivity contribution in [3.63, 3.8) is 0 Å². The maximum atomic E-state index is 5.47. The summed E-state index contributed by atoms with van der Waals surface area (Å²) < 4.78 is 5.47. The number of fused-ring (bicyclic) bond motifs is 1. The maximum absolute atomic E-state index is 5.47. The summed E-state index contributed by atoms with van der Waals surface area (Å²) in [7, 11) is 0. The van der Waals surface area contributed by atoms with E-state index in [1.807, 2.05) is 12.1 Å². The van der Waals surface area contributed by atoms with E-state index in [1.54, 1.807) is 6.26 Å². The van der Waals surface area contributed by atoms with Gasteiger partial charge in [0.2, 0.25) is 0 Å². The largest absolute Gasteiger partial charge is 0.464 e. The molecule has 1 heterocycles. The summed E-state index contributed by atoms with van der Waals surface area (Å²) in [6, 6.07) is 16.6. The first-order valence-electron chi connectivity index (χ1n) is 5.38. The first kappa shape index (κ1) is 9.22. The van der Waals surface area contributed by atoms with Gasteiger partial charge >= 0.3 is 0 Å². The average Bonchev–Trinajstić information content (AvgIpc) is 2.83. The zero-order chi connectivity index (χ0) is 11.0. The third kappa shape index (κ3) is 1.33. The van der Waals surface area contributed by atoms with Crippen molar-refractivity contribution in [3.05, 3.63) is 60.4 Å². The van der Waals surface area contributed by atoms with Gasteiger partial charge in [-0.15, -0.1) is 0 Å². The van der Waals surface area contributed by atoms with E-state index in [9.17, 15) is 0 Å². The van der Waals surface area contributed by atoms with Crippen LogP contribution >= 0.6 is 0 Å². The molecule has 0 radical (unpaired) electrons. The molecular formula is C15H12O. The molecular weight excluding hydrogens is 196 g/mol. The van der Waals surface area contributed by atoms with E-state index < -0.39 is 0 Å². The van der Waals surface area contributed by atoms with Crippen LogP contribution in [0.2, 0.25) is 0 Å². The Morgan fingerprint density at radius 2 is 1.62 bits per heavy atom. The van der Waals surface area contributed by atoms with Gasteiger partial charge in [-0.25, -0.2) is 0 Å². The molecule has 0 atom stereocenters. The number of aryl methyl sites for hydroxylation is 1. The smallest absolute Gasteiger partial charge is 0.134 e. The molecule has 16 heavy (non-hydrogen) atoms. The highest BCUT2D eigenvalue weighted by Gasteiger charge is 2.06. The Morgan fingerprint density at radius 3 is 2.38 bits per heavy atom. The second kappa shape index (κ2) is 3.53. The highest BCUT2D eigenvalue weighted by molar-refractivity contribution is 5.97. The van der Waals surface area contributed by atoms with E-state index in [-0.39, 0.29) is 0 Å². The van der Waals surface area contributed by atoms with Crippen LogP contribution in [-0.2, 0) is 0 Å². The number of benzene rings is 2. The minimum atomic E-state index is 0.927. The fourth-order valence-electron chi connectivity index (χ4n) is 2.10. The first-order valence-corrected chi connectivity index (χ1v) is 5.38. The lowest BCUT2D eigenvalue weighted by Crippen LogP contribution is -1.82. The van der Waals surface area contributed by atoms with Gasteiger partial charge in [0.25, 0.3) is 0 Å². The molecule has 1 nitrogen and oxygen atoms in total. The van der Waals surface area contributed by atoms with Crippen molar-refractivity contribution in [1.82, 2.24) is 0 Å². The normalized spacial score (nSPS) is 10.8. The monoisotopic (exact) mass is 208 g/mol. The molecule has 0 fully saturated rings. The molecule has 0 saturated heterocycles. The van der Waals surface area contributed by atoms with Crippen molar-refractivity contribution < 1.29 is 4.42 Å². The van der Waals surface area contributed by atoms with Gasteiger partial charge in [-0.1, -0.05) is 36.4 Å². The lowest BCUT2D eigenvalue weighted by Gasteiger charge is -2.06. The van der Waals surface area contributed by atoms with E-state index in [4.69, 9.17) is 4.42 Å². The van der Waals surface area contributed by atoms with Crippen molar-refractivity contribution in [2.45, 2.75) is 6.92 Å². The predicted molar refractivity (Wildman–Crippen MR) is 66.4 cm³/mol. The van der Waals surface area contributed by atoms with Crippen LogP contribution in [0.25, 0.3) is 22.1 Å². The molecule has 0 bridgehead atoms. The SMILES string of the molecule is Cc1ccc(-c2ccco2)c2ccccc12. The maximum Gasteiger partial charge on any atom is 0.134 e. The van der Waals surface area contributed by atoms with Crippen LogP contribution in [0.3, 0.4) is 0 Å². The zero-order valence-corrected chi connectivity index (χ0v) is 9.10. The summed E-state index contributed by atoms with van der Waals surface area (Å²) in [5, 5.41) is 2.54. The summed E-state index contributed by atoms with van der Waals surface area (Å²) in [6.07, 6.45) is 1.71. The van der Waals surface area contributed by atoms with Gasteiger partial charge in [-0.05, 0) is 35.4 Å². The second-order valence-corrected chi connectivity index (χ2v) is 3.95. The van der Waals surface area contributed by atoms with Gasteiger partial charge in [0.1, 0.15) is 5.76 Å². The molecule has 0 spiro atoms. The van der Waals surface area contributed by atoms with Crippen molar-refractivity contribution >= 4 is 10.8 Å². The summed E-state index contributed by atoms with van der Waals surface area (Å²) in [6.45, 7) is 2.13. The molecule has 0 aliphatic carbocycles. The Morgan fingerprint density at radius 1 is 0.812 bits per heavy atom. The topological polar surface area (TPSA) is 13.1 Å². The van der Waals surface area contributed by atoms with Crippen molar-refractivity contribution in [2.24, 2.45) is 0 Å². The average molecular weight is 208 g/mol. The summed E-state index contributed by atoms with van der Waals surface area (Å²) in [5.74, 6) is 0.927. The van der Waals surface area contributed by atoms with Crippen molar-refractivity contribution in [1.29, 1.82) is 0 Å². The van der Waals surface area contributed by atoms with Crippen molar-refractivity contribution in [2.75, 3.05) is 0 Å². The fraction of sp³-hybridized carbons (Fsp3) is 0.0667. The molecule has 0 amide bonds. The van der Waals surface area contributed by atoms with Crippen LogP contribution in [0.5, 0.6) is 0 Å². The predicted octanol–water partition coefficient (Wildman–Crippen LogP) is 4.41. The number of furan rings is 1. The molecule has 1 aromatic heterocycles. The molecule has 0 aliphatic heterocycles. The van der Waals surface area contributed by atoms with Gasteiger partial charge in [-0.3, -0.25) is 0 Å². The van der Waals surface area contributed by atoms with Gasteiger partial charge < -0.3 is 4.42 Å². The van der Waals surface area contributed by atoms with E-state index in [0.29, 0.717) is 0 Å². The van der Waals surface area contributed by atoms with Gasteiger partial charge in [-0.2, -0.15) is 0 Å². The highest BCUT2D eigenvalue weighted by atomic mass is 16.3. The molecule has 78 valence electrons. The summed E-state index contributed by atoms with van der Waals surface area (Å²) in [5.41, 5.74) is 2.46. The summed E-state index contributed by atoms with van der Waals surface area (Å²) in [4.78, 5) is 0.